The summed E-state index contributed by atoms with van der Waals surface area (Å²) in [6, 6.07) is 9.08. The number of phenolic OH excluding ortho intramolecular Hbond substituents is 1. The molecular weight excluding hydrogens is 464 g/mol. The standard InChI is InChI=1S/C28H39ClN2O4/c1-9-23(26(34)31-22-16-19(29)15-21(25(22)33)30-17(4)32)35-24-13-12-18(27(5,6)10-2)14-20(24)28(7,8)11-3/h12-16,23,33H,9-11H2,1-8H3,(H,30,32)(H,31,34). The number of carbonyl (C=O) groups is 2. The van der Waals surface area contributed by atoms with E-state index < -0.39 is 12.0 Å². The number of benzene rings is 2. The maximum atomic E-state index is 13.2. The molecule has 7 heteroatoms. The van der Waals surface area contributed by atoms with E-state index in [2.05, 4.69) is 64.3 Å². The molecule has 2 aromatic rings. The Morgan fingerprint density at radius 3 is 2.06 bits per heavy atom. The van der Waals surface area contributed by atoms with Gasteiger partial charge in [-0.15, -0.1) is 0 Å². The number of ether oxygens (including phenoxy) is 1. The largest absolute Gasteiger partial charge is 0.504 e. The molecule has 2 rings (SSSR count). The summed E-state index contributed by atoms with van der Waals surface area (Å²) in [5, 5.41) is 16.0. The molecule has 0 aliphatic heterocycles. The first-order valence-electron chi connectivity index (χ1n) is 12.2. The maximum Gasteiger partial charge on any atom is 0.265 e. The average molecular weight is 503 g/mol. The Morgan fingerprint density at radius 2 is 1.54 bits per heavy atom. The second kappa shape index (κ2) is 11.3. The van der Waals surface area contributed by atoms with Gasteiger partial charge in [0.1, 0.15) is 5.75 Å². The van der Waals surface area contributed by atoms with Crippen molar-refractivity contribution in [3.8, 4) is 11.5 Å². The molecule has 0 bridgehead atoms. The van der Waals surface area contributed by atoms with Crippen molar-refractivity contribution in [2.24, 2.45) is 0 Å². The second-order valence-corrected chi connectivity index (χ2v) is 10.7. The summed E-state index contributed by atoms with van der Waals surface area (Å²) in [5.41, 5.74) is 2.38. The van der Waals surface area contributed by atoms with Gasteiger partial charge in [0, 0.05) is 17.5 Å². The fourth-order valence-corrected chi connectivity index (χ4v) is 3.86. The highest BCUT2D eigenvalue weighted by Gasteiger charge is 2.29. The first-order chi connectivity index (χ1) is 16.2. The Balaban J connectivity index is 2.39. The van der Waals surface area contributed by atoms with E-state index in [1.54, 1.807) is 0 Å². The summed E-state index contributed by atoms with van der Waals surface area (Å²) in [6.07, 6.45) is 1.53. The fraction of sp³-hybridized carbons (Fsp3) is 0.500. The monoisotopic (exact) mass is 502 g/mol. The van der Waals surface area contributed by atoms with Crippen molar-refractivity contribution < 1.29 is 19.4 Å². The Bertz CT molecular complexity index is 1080. The maximum absolute atomic E-state index is 13.2. The molecule has 6 nitrogen and oxygen atoms in total. The number of amides is 2. The van der Waals surface area contributed by atoms with Crippen LogP contribution in [0.3, 0.4) is 0 Å². The van der Waals surface area contributed by atoms with E-state index in [-0.39, 0.29) is 38.9 Å². The van der Waals surface area contributed by atoms with Crippen molar-refractivity contribution in [2.45, 2.75) is 91.6 Å². The van der Waals surface area contributed by atoms with Crippen molar-refractivity contribution in [1.29, 1.82) is 0 Å². The molecule has 2 aromatic carbocycles. The van der Waals surface area contributed by atoms with Crippen molar-refractivity contribution in [3.05, 3.63) is 46.5 Å². The van der Waals surface area contributed by atoms with Crippen LogP contribution in [-0.4, -0.2) is 23.0 Å². The summed E-state index contributed by atoms with van der Waals surface area (Å²) in [7, 11) is 0. The molecule has 0 saturated carbocycles. The molecule has 1 atom stereocenters. The molecule has 2 amide bonds. The van der Waals surface area contributed by atoms with E-state index in [0.29, 0.717) is 12.2 Å². The lowest BCUT2D eigenvalue weighted by Gasteiger charge is -2.31. The molecule has 192 valence electrons. The van der Waals surface area contributed by atoms with Crippen LogP contribution in [0.25, 0.3) is 0 Å². The SMILES string of the molecule is CCC(Oc1ccc(C(C)(C)CC)cc1C(C)(C)CC)C(=O)Nc1cc(Cl)cc(NC(C)=O)c1O. The zero-order valence-corrected chi connectivity index (χ0v) is 22.9. The normalized spacial score (nSPS) is 12.7. The van der Waals surface area contributed by atoms with Gasteiger partial charge in [0.25, 0.3) is 5.91 Å². The van der Waals surface area contributed by atoms with Gasteiger partial charge in [0.05, 0.1) is 11.4 Å². The van der Waals surface area contributed by atoms with Gasteiger partial charge in [-0.2, -0.15) is 0 Å². The van der Waals surface area contributed by atoms with Crippen molar-refractivity contribution in [1.82, 2.24) is 0 Å². The number of halogens is 1. The lowest BCUT2D eigenvalue weighted by molar-refractivity contribution is -0.122. The van der Waals surface area contributed by atoms with Crippen LogP contribution in [0.5, 0.6) is 11.5 Å². The van der Waals surface area contributed by atoms with Gasteiger partial charge in [0.2, 0.25) is 5.91 Å². The first kappa shape index (κ1) is 28.5. The number of carbonyl (C=O) groups excluding carboxylic acids is 2. The van der Waals surface area contributed by atoms with E-state index in [1.807, 2.05) is 13.0 Å². The summed E-state index contributed by atoms with van der Waals surface area (Å²) in [4.78, 5) is 24.6. The molecule has 0 aliphatic carbocycles. The van der Waals surface area contributed by atoms with Crippen LogP contribution < -0.4 is 15.4 Å². The van der Waals surface area contributed by atoms with Gasteiger partial charge in [-0.3, -0.25) is 9.59 Å². The minimum absolute atomic E-state index is 0.0222. The van der Waals surface area contributed by atoms with E-state index in [4.69, 9.17) is 16.3 Å². The lowest BCUT2D eigenvalue weighted by Crippen LogP contribution is -2.33. The summed E-state index contributed by atoms with van der Waals surface area (Å²) in [5.74, 6) is -0.386. The Morgan fingerprint density at radius 1 is 0.971 bits per heavy atom. The second-order valence-electron chi connectivity index (χ2n) is 10.2. The Kier molecular flexibility index (Phi) is 9.23. The molecule has 0 spiro atoms. The van der Waals surface area contributed by atoms with Gasteiger partial charge < -0.3 is 20.5 Å². The minimum Gasteiger partial charge on any atom is -0.504 e. The highest BCUT2D eigenvalue weighted by Crippen LogP contribution is 2.39. The number of rotatable bonds is 10. The smallest absolute Gasteiger partial charge is 0.265 e. The van der Waals surface area contributed by atoms with Crippen LogP contribution in [0.1, 0.15) is 85.8 Å². The Hall–Kier alpha value is -2.73. The molecule has 0 heterocycles. The quantitative estimate of drug-likeness (QED) is 0.300. The van der Waals surface area contributed by atoms with Crippen molar-refractivity contribution in [2.75, 3.05) is 10.6 Å². The molecular formula is C28H39ClN2O4. The third-order valence-electron chi connectivity index (χ3n) is 6.83. The van der Waals surface area contributed by atoms with E-state index in [1.165, 1.54) is 24.6 Å². The number of nitrogens with one attached hydrogen (secondary N) is 2. The van der Waals surface area contributed by atoms with Gasteiger partial charge in [-0.05, 0) is 53.9 Å². The zero-order chi connectivity index (χ0) is 26.6. The van der Waals surface area contributed by atoms with Crippen LogP contribution in [-0.2, 0) is 20.4 Å². The van der Waals surface area contributed by atoms with Crippen LogP contribution in [0, 0.1) is 0 Å². The number of anilines is 2. The van der Waals surface area contributed by atoms with Gasteiger partial charge >= 0.3 is 0 Å². The highest BCUT2D eigenvalue weighted by atomic mass is 35.5. The van der Waals surface area contributed by atoms with Crippen LogP contribution in [0.4, 0.5) is 11.4 Å². The molecule has 35 heavy (non-hydrogen) atoms. The predicted molar refractivity (Wildman–Crippen MR) is 144 cm³/mol. The summed E-state index contributed by atoms with van der Waals surface area (Å²) in [6.45, 7) is 16.3. The van der Waals surface area contributed by atoms with Gasteiger partial charge in [0.15, 0.2) is 11.9 Å². The molecule has 0 aromatic heterocycles. The molecule has 0 fully saturated rings. The van der Waals surface area contributed by atoms with Crippen LogP contribution in [0.15, 0.2) is 30.3 Å². The molecule has 0 aliphatic rings. The topological polar surface area (TPSA) is 87.7 Å². The number of hydrogen-bond acceptors (Lipinski definition) is 4. The third-order valence-corrected chi connectivity index (χ3v) is 7.05. The first-order valence-corrected chi connectivity index (χ1v) is 12.6. The zero-order valence-electron chi connectivity index (χ0n) is 22.1. The summed E-state index contributed by atoms with van der Waals surface area (Å²) < 4.78 is 6.29. The van der Waals surface area contributed by atoms with Gasteiger partial charge in [-0.25, -0.2) is 0 Å². The van der Waals surface area contributed by atoms with E-state index in [9.17, 15) is 14.7 Å². The average Bonchev–Trinajstić information content (AvgIpc) is 2.79. The van der Waals surface area contributed by atoms with Crippen molar-refractivity contribution >= 4 is 34.8 Å². The summed E-state index contributed by atoms with van der Waals surface area (Å²) >= 11 is 6.14. The minimum atomic E-state index is -0.797. The van der Waals surface area contributed by atoms with E-state index in [0.717, 1.165) is 18.4 Å². The van der Waals surface area contributed by atoms with Gasteiger partial charge in [-0.1, -0.05) is 72.2 Å². The predicted octanol–water partition coefficient (Wildman–Crippen LogP) is 7.18. The fourth-order valence-electron chi connectivity index (χ4n) is 3.65. The van der Waals surface area contributed by atoms with E-state index >= 15 is 0 Å². The van der Waals surface area contributed by atoms with Crippen LogP contribution in [0.2, 0.25) is 5.02 Å². The molecule has 0 saturated heterocycles. The molecule has 1 unspecified atom stereocenters. The molecule has 0 radical (unpaired) electrons. The lowest BCUT2D eigenvalue weighted by atomic mass is 9.76. The number of phenols is 1. The number of aromatic hydroxyl groups is 1. The third kappa shape index (κ3) is 6.91. The Labute approximate surface area is 214 Å². The van der Waals surface area contributed by atoms with Crippen LogP contribution >= 0.6 is 11.6 Å². The highest BCUT2D eigenvalue weighted by molar-refractivity contribution is 6.31. The van der Waals surface area contributed by atoms with Crippen molar-refractivity contribution in [3.63, 3.8) is 0 Å². The molecule has 3 N–H and O–H groups in total. The number of hydrogen-bond donors (Lipinski definition) is 3.